The molecule has 4 aromatic rings. The third kappa shape index (κ3) is 3.22. The lowest BCUT2D eigenvalue weighted by molar-refractivity contribution is 0.111. The van der Waals surface area contributed by atoms with Crippen molar-refractivity contribution in [1.29, 1.82) is 0 Å². The summed E-state index contributed by atoms with van der Waals surface area (Å²) in [5.41, 5.74) is 4.66. The van der Waals surface area contributed by atoms with Crippen molar-refractivity contribution in [2.24, 2.45) is 0 Å². The fraction of sp³-hybridized carbons (Fsp3) is 0.0870. The Balaban J connectivity index is 1.82. The summed E-state index contributed by atoms with van der Waals surface area (Å²) in [5.74, 6) is 0.165. The van der Waals surface area contributed by atoms with Crippen LogP contribution in [0.2, 0.25) is 0 Å². The number of aryl methyl sites for hydroxylation is 1. The number of carbonyl (C=O) groups is 1. The maximum absolute atomic E-state index is 14.0. The summed E-state index contributed by atoms with van der Waals surface area (Å²) in [6.45, 7) is 2.34. The standard InChI is InChI=1S/C23H18FNO2/c1-16-6-5-11-25-21(16)13-19(22(25)14-26)20-12-18(24)9-10-23(20)27-15-17-7-3-2-4-8-17/h2-14H,15H2,1H3. The maximum atomic E-state index is 14.0. The Morgan fingerprint density at radius 3 is 2.59 bits per heavy atom. The number of pyridine rings is 1. The number of rotatable bonds is 5. The Labute approximate surface area is 156 Å². The van der Waals surface area contributed by atoms with E-state index in [2.05, 4.69) is 0 Å². The molecule has 0 fully saturated rings. The second-order valence-corrected chi connectivity index (χ2v) is 6.42. The molecule has 0 aliphatic rings. The van der Waals surface area contributed by atoms with Crippen molar-refractivity contribution in [1.82, 2.24) is 4.40 Å². The average Bonchev–Trinajstić information content (AvgIpc) is 3.07. The number of benzene rings is 2. The normalized spacial score (nSPS) is 10.9. The maximum Gasteiger partial charge on any atom is 0.167 e. The second-order valence-electron chi connectivity index (χ2n) is 6.42. The molecule has 2 heterocycles. The molecule has 27 heavy (non-hydrogen) atoms. The van der Waals surface area contributed by atoms with Gasteiger partial charge in [0.05, 0.1) is 5.69 Å². The van der Waals surface area contributed by atoms with E-state index >= 15 is 0 Å². The SMILES string of the molecule is Cc1cccn2c(C=O)c(-c3cc(F)ccc3OCc3ccccc3)cc12. The van der Waals surface area contributed by atoms with E-state index in [1.165, 1.54) is 12.1 Å². The van der Waals surface area contributed by atoms with Crippen molar-refractivity contribution in [3.05, 3.63) is 95.6 Å². The van der Waals surface area contributed by atoms with Crippen molar-refractivity contribution in [2.75, 3.05) is 0 Å². The molecule has 0 aliphatic carbocycles. The van der Waals surface area contributed by atoms with Crippen LogP contribution in [0, 0.1) is 12.7 Å². The molecule has 0 bridgehead atoms. The molecule has 0 amide bonds. The Kier molecular flexibility index (Phi) is 4.47. The van der Waals surface area contributed by atoms with Crippen molar-refractivity contribution >= 4 is 11.8 Å². The molecule has 0 N–H and O–H groups in total. The van der Waals surface area contributed by atoms with Gasteiger partial charge in [-0.25, -0.2) is 4.39 Å². The molecule has 0 aliphatic heterocycles. The summed E-state index contributed by atoms with van der Waals surface area (Å²) >= 11 is 0. The van der Waals surface area contributed by atoms with Crippen LogP contribution in [-0.2, 0) is 6.61 Å². The summed E-state index contributed by atoms with van der Waals surface area (Å²) in [6, 6.07) is 19.9. The van der Waals surface area contributed by atoms with Gasteiger partial charge < -0.3 is 9.14 Å². The van der Waals surface area contributed by atoms with Gasteiger partial charge in [-0.2, -0.15) is 0 Å². The minimum atomic E-state index is -0.374. The zero-order valence-electron chi connectivity index (χ0n) is 14.9. The first-order valence-corrected chi connectivity index (χ1v) is 8.70. The molecule has 134 valence electrons. The first-order chi connectivity index (χ1) is 13.2. The van der Waals surface area contributed by atoms with E-state index < -0.39 is 0 Å². The van der Waals surface area contributed by atoms with Gasteiger partial charge in [0.25, 0.3) is 0 Å². The third-order valence-electron chi connectivity index (χ3n) is 4.64. The molecule has 4 heteroatoms. The molecule has 0 spiro atoms. The van der Waals surface area contributed by atoms with E-state index in [-0.39, 0.29) is 5.82 Å². The molecule has 0 unspecified atom stereocenters. The molecule has 0 atom stereocenters. The van der Waals surface area contributed by atoms with Crippen LogP contribution in [0.3, 0.4) is 0 Å². The lowest BCUT2D eigenvalue weighted by Crippen LogP contribution is -1.98. The van der Waals surface area contributed by atoms with Gasteiger partial charge in [0.15, 0.2) is 6.29 Å². The smallest absolute Gasteiger partial charge is 0.167 e. The molecule has 0 saturated carbocycles. The number of halogens is 1. The van der Waals surface area contributed by atoms with E-state index in [0.717, 1.165) is 22.9 Å². The van der Waals surface area contributed by atoms with Crippen molar-refractivity contribution in [2.45, 2.75) is 13.5 Å². The largest absolute Gasteiger partial charge is 0.488 e. The highest BCUT2D eigenvalue weighted by atomic mass is 19.1. The van der Waals surface area contributed by atoms with Crippen molar-refractivity contribution < 1.29 is 13.9 Å². The molecule has 2 aromatic heterocycles. The van der Waals surface area contributed by atoms with Crippen LogP contribution in [0.4, 0.5) is 4.39 Å². The highest BCUT2D eigenvalue weighted by molar-refractivity contribution is 5.92. The molecular formula is C23H18FNO2. The number of ether oxygens (including phenoxy) is 1. The van der Waals surface area contributed by atoms with E-state index in [4.69, 9.17) is 4.74 Å². The van der Waals surface area contributed by atoms with Crippen molar-refractivity contribution in [3.63, 3.8) is 0 Å². The summed E-state index contributed by atoms with van der Waals surface area (Å²) < 4.78 is 21.8. The van der Waals surface area contributed by atoms with Crippen LogP contribution in [0.15, 0.2) is 72.9 Å². The zero-order chi connectivity index (χ0) is 18.8. The number of hydrogen-bond acceptors (Lipinski definition) is 2. The van der Waals surface area contributed by atoms with E-state index in [1.807, 2.05) is 66.1 Å². The molecule has 2 aromatic carbocycles. The van der Waals surface area contributed by atoms with Gasteiger partial charge in [0.2, 0.25) is 0 Å². The molecule has 0 saturated heterocycles. The van der Waals surface area contributed by atoms with E-state index in [1.54, 1.807) is 6.07 Å². The van der Waals surface area contributed by atoms with Crippen molar-refractivity contribution in [3.8, 4) is 16.9 Å². The Morgan fingerprint density at radius 2 is 1.81 bits per heavy atom. The number of nitrogens with zero attached hydrogens (tertiary/aromatic N) is 1. The van der Waals surface area contributed by atoms with Crippen LogP contribution in [0.25, 0.3) is 16.6 Å². The fourth-order valence-corrected chi connectivity index (χ4v) is 3.27. The predicted molar refractivity (Wildman–Crippen MR) is 104 cm³/mol. The topological polar surface area (TPSA) is 30.7 Å². The Bertz CT molecular complexity index is 1120. The Hall–Kier alpha value is -3.40. The number of aldehydes is 1. The van der Waals surface area contributed by atoms with Gasteiger partial charge in [0.1, 0.15) is 18.2 Å². The van der Waals surface area contributed by atoms with Gasteiger partial charge in [-0.1, -0.05) is 36.4 Å². The predicted octanol–water partition coefficient (Wildman–Crippen LogP) is 5.45. The monoisotopic (exact) mass is 359 g/mol. The first-order valence-electron chi connectivity index (χ1n) is 8.70. The van der Waals surface area contributed by atoms with Gasteiger partial charge >= 0.3 is 0 Å². The quantitative estimate of drug-likeness (QED) is 0.444. The molecule has 0 radical (unpaired) electrons. The summed E-state index contributed by atoms with van der Waals surface area (Å²) in [7, 11) is 0. The van der Waals surface area contributed by atoms with Gasteiger partial charge in [-0.05, 0) is 48.4 Å². The highest BCUT2D eigenvalue weighted by Gasteiger charge is 2.17. The van der Waals surface area contributed by atoms with Crippen LogP contribution < -0.4 is 4.74 Å². The summed E-state index contributed by atoms with van der Waals surface area (Å²) in [5, 5.41) is 0. The number of carbonyl (C=O) groups excluding carboxylic acids is 1. The number of aromatic nitrogens is 1. The van der Waals surface area contributed by atoms with E-state index in [0.29, 0.717) is 29.2 Å². The summed E-state index contributed by atoms with van der Waals surface area (Å²) in [6.07, 6.45) is 2.63. The van der Waals surface area contributed by atoms with E-state index in [9.17, 15) is 9.18 Å². The lowest BCUT2D eigenvalue weighted by atomic mass is 10.0. The molecular weight excluding hydrogens is 341 g/mol. The molecule has 3 nitrogen and oxygen atoms in total. The third-order valence-corrected chi connectivity index (χ3v) is 4.64. The lowest BCUT2D eigenvalue weighted by Gasteiger charge is -2.12. The highest BCUT2D eigenvalue weighted by Crippen LogP contribution is 2.35. The van der Waals surface area contributed by atoms with Crippen LogP contribution >= 0.6 is 0 Å². The average molecular weight is 359 g/mol. The zero-order valence-corrected chi connectivity index (χ0v) is 14.9. The second kappa shape index (κ2) is 7.08. The van der Waals surface area contributed by atoms with Gasteiger partial charge in [-0.15, -0.1) is 0 Å². The number of hydrogen-bond donors (Lipinski definition) is 0. The van der Waals surface area contributed by atoms with Crippen LogP contribution in [-0.4, -0.2) is 10.7 Å². The minimum absolute atomic E-state index is 0.363. The van der Waals surface area contributed by atoms with Gasteiger partial charge in [0, 0.05) is 22.8 Å². The Morgan fingerprint density at radius 1 is 1.00 bits per heavy atom. The fourth-order valence-electron chi connectivity index (χ4n) is 3.27. The summed E-state index contributed by atoms with van der Waals surface area (Å²) in [4.78, 5) is 11.8. The number of fused-ring (bicyclic) bond motifs is 1. The van der Waals surface area contributed by atoms with Crippen LogP contribution in [0.5, 0.6) is 5.75 Å². The molecule has 4 rings (SSSR count). The minimum Gasteiger partial charge on any atom is -0.488 e. The first kappa shape index (κ1) is 17.0. The van der Waals surface area contributed by atoms with Gasteiger partial charge in [-0.3, -0.25) is 4.79 Å². The van der Waals surface area contributed by atoms with Crippen LogP contribution in [0.1, 0.15) is 21.6 Å².